The SMILES string of the molecule is Cc1cccc(-c2ccc(C(=O)N3CC[C@@H](N4CCCC4=O)C3)c(=O)[nH]2)c1. The fourth-order valence-corrected chi connectivity index (χ4v) is 4.03. The second-order valence-corrected chi connectivity index (χ2v) is 7.37. The van der Waals surface area contributed by atoms with Crippen LogP contribution in [-0.2, 0) is 4.79 Å². The molecule has 0 bridgehead atoms. The number of nitrogens with zero attached hydrogens (tertiary/aromatic N) is 2. The third kappa shape index (κ3) is 3.39. The number of carbonyl (C=O) groups is 2. The lowest BCUT2D eigenvalue weighted by atomic mass is 10.1. The summed E-state index contributed by atoms with van der Waals surface area (Å²) in [5.41, 5.74) is 2.50. The van der Waals surface area contributed by atoms with Crippen molar-refractivity contribution in [3.63, 3.8) is 0 Å². The molecular weight excluding hydrogens is 342 g/mol. The van der Waals surface area contributed by atoms with Gasteiger partial charge in [-0.25, -0.2) is 0 Å². The number of rotatable bonds is 3. The molecule has 2 aliphatic rings. The molecule has 1 aromatic heterocycles. The molecule has 27 heavy (non-hydrogen) atoms. The number of hydrogen-bond donors (Lipinski definition) is 1. The van der Waals surface area contributed by atoms with Crippen LogP contribution in [0.5, 0.6) is 0 Å². The first-order valence-corrected chi connectivity index (χ1v) is 9.42. The van der Waals surface area contributed by atoms with Gasteiger partial charge in [-0.3, -0.25) is 14.4 Å². The zero-order chi connectivity index (χ0) is 19.0. The zero-order valence-electron chi connectivity index (χ0n) is 15.4. The zero-order valence-corrected chi connectivity index (χ0v) is 15.4. The smallest absolute Gasteiger partial charge is 0.261 e. The van der Waals surface area contributed by atoms with Crippen LogP contribution in [0.2, 0.25) is 0 Å². The second-order valence-electron chi connectivity index (χ2n) is 7.37. The fourth-order valence-electron chi connectivity index (χ4n) is 4.03. The second kappa shape index (κ2) is 7.02. The first kappa shape index (κ1) is 17.5. The van der Waals surface area contributed by atoms with Crippen molar-refractivity contribution >= 4 is 11.8 Å². The van der Waals surface area contributed by atoms with Crippen LogP contribution in [0.3, 0.4) is 0 Å². The first-order chi connectivity index (χ1) is 13.0. The number of aryl methyl sites for hydroxylation is 1. The third-order valence-electron chi connectivity index (χ3n) is 5.47. The van der Waals surface area contributed by atoms with Crippen molar-refractivity contribution in [3.8, 4) is 11.3 Å². The highest BCUT2D eigenvalue weighted by Gasteiger charge is 2.35. The van der Waals surface area contributed by atoms with Gasteiger partial charge in [-0.05, 0) is 43.5 Å². The van der Waals surface area contributed by atoms with Gasteiger partial charge < -0.3 is 14.8 Å². The maximum absolute atomic E-state index is 12.8. The highest BCUT2D eigenvalue weighted by atomic mass is 16.2. The Kier molecular flexibility index (Phi) is 4.56. The fraction of sp³-hybridized carbons (Fsp3) is 0.381. The lowest BCUT2D eigenvalue weighted by Crippen LogP contribution is -2.40. The largest absolute Gasteiger partial charge is 0.338 e. The van der Waals surface area contributed by atoms with Crippen LogP contribution in [-0.4, -0.2) is 52.3 Å². The number of likely N-dealkylation sites (tertiary alicyclic amines) is 2. The minimum atomic E-state index is -0.375. The summed E-state index contributed by atoms with van der Waals surface area (Å²) in [6, 6.07) is 11.3. The molecule has 0 unspecified atom stereocenters. The van der Waals surface area contributed by atoms with Crippen molar-refractivity contribution in [3.05, 3.63) is 57.9 Å². The van der Waals surface area contributed by atoms with Crippen molar-refractivity contribution in [2.45, 2.75) is 32.2 Å². The van der Waals surface area contributed by atoms with Gasteiger partial charge in [0.15, 0.2) is 0 Å². The number of aromatic nitrogens is 1. The van der Waals surface area contributed by atoms with E-state index in [0.29, 0.717) is 25.2 Å². The Morgan fingerprint density at radius 1 is 1.15 bits per heavy atom. The van der Waals surface area contributed by atoms with Gasteiger partial charge in [0, 0.05) is 31.7 Å². The van der Waals surface area contributed by atoms with Crippen LogP contribution in [0.25, 0.3) is 11.3 Å². The maximum Gasteiger partial charge on any atom is 0.261 e. The molecule has 0 aliphatic carbocycles. The van der Waals surface area contributed by atoms with Gasteiger partial charge in [0.2, 0.25) is 5.91 Å². The van der Waals surface area contributed by atoms with E-state index in [1.807, 2.05) is 36.1 Å². The summed E-state index contributed by atoms with van der Waals surface area (Å²) < 4.78 is 0. The van der Waals surface area contributed by atoms with E-state index >= 15 is 0 Å². The molecule has 3 heterocycles. The molecule has 0 spiro atoms. The van der Waals surface area contributed by atoms with Gasteiger partial charge >= 0.3 is 0 Å². The van der Waals surface area contributed by atoms with Gasteiger partial charge in [0.05, 0.1) is 6.04 Å². The molecule has 2 aromatic rings. The number of H-pyrrole nitrogens is 1. The van der Waals surface area contributed by atoms with Crippen LogP contribution < -0.4 is 5.56 Å². The molecule has 0 radical (unpaired) electrons. The molecule has 1 atom stereocenters. The number of carbonyl (C=O) groups excluding carboxylic acids is 2. The molecule has 140 valence electrons. The molecular formula is C21H23N3O3. The van der Waals surface area contributed by atoms with E-state index in [1.54, 1.807) is 17.0 Å². The quantitative estimate of drug-likeness (QED) is 0.906. The predicted molar refractivity (Wildman–Crippen MR) is 102 cm³/mol. The summed E-state index contributed by atoms with van der Waals surface area (Å²) >= 11 is 0. The molecule has 2 amide bonds. The Hall–Kier alpha value is -2.89. The number of amides is 2. The summed E-state index contributed by atoms with van der Waals surface area (Å²) in [5.74, 6) is -0.0872. The number of benzene rings is 1. The molecule has 1 N–H and O–H groups in total. The topological polar surface area (TPSA) is 73.5 Å². The van der Waals surface area contributed by atoms with E-state index in [1.165, 1.54) is 0 Å². The molecule has 6 heteroatoms. The van der Waals surface area contributed by atoms with Crippen LogP contribution in [0.4, 0.5) is 0 Å². The number of hydrogen-bond acceptors (Lipinski definition) is 3. The van der Waals surface area contributed by atoms with E-state index in [2.05, 4.69) is 4.98 Å². The minimum Gasteiger partial charge on any atom is -0.338 e. The van der Waals surface area contributed by atoms with Crippen molar-refractivity contribution < 1.29 is 9.59 Å². The van der Waals surface area contributed by atoms with Gasteiger partial charge in [0.1, 0.15) is 5.56 Å². The standard InChI is InChI=1S/C21H23N3O3/c1-14-4-2-5-15(12-14)18-8-7-17(20(26)22-18)21(27)23-11-9-16(13-23)24-10-3-6-19(24)25/h2,4-5,7-8,12,16H,3,6,9-11,13H2,1H3,(H,22,26)/t16-/m1/s1. The predicted octanol–water partition coefficient (Wildman–Crippen LogP) is 2.19. The highest BCUT2D eigenvalue weighted by molar-refractivity contribution is 5.94. The van der Waals surface area contributed by atoms with E-state index in [4.69, 9.17) is 0 Å². The first-order valence-electron chi connectivity index (χ1n) is 9.42. The van der Waals surface area contributed by atoms with Gasteiger partial charge in [-0.2, -0.15) is 0 Å². The Balaban J connectivity index is 1.51. The Bertz CT molecular complexity index is 950. The summed E-state index contributed by atoms with van der Waals surface area (Å²) in [6.07, 6.45) is 2.27. The van der Waals surface area contributed by atoms with Crippen molar-refractivity contribution in [1.82, 2.24) is 14.8 Å². The van der Waals surface area contributed by atoms with E-state index in [9.17, 15) is 14.4 Å². The number of aromatic amines is 1. The molecule has 2 fully saturated rings. The van der Waals surface area contributed by atoms with Crippen molar-refractivity contribution in [2.24, 2.45) is 0 Å². The number of pyridine rings is 1. The number of nitrogens with one attached hydrogen (secondary N) is 1. The molecule has 4 rings (SSSR count). The lowest BCUT2D eigenvalue weighted by Gasteiger charge is -2.24. The summed E-state index contributed by atoms with van der Waals surface area (Å²) in [6.45, 7) is 3.85. The summed E-state index contributed by atoms with van der Waals surface area (Å²) in [4.78, 5) is 43.7. The average molecular weight is 365 g/mol. The van der Waals surface area contributed by atoms with Crippen LogP contribution in [0.15, 0.2) is 41.2 Å². The Labute approximate surface area is 157 Å². The third-order valence-corrected chi connectivity index (χ3v) is 5.47. The van der Waals surface area contributed by atoms with E-state index < -0.39 is 0 Å². The molecule has 1 aromatic carbocycles. The highest BCUT2D eigenvalue weighted by Crippen LogP contribution is 2.23. The van der Waals surface area contributed by atoms with Gasteiger partial charge in [0.25, 0.3) is 11.5 Å². The monoisotopic (exact) mass is 365 g/mol. The molecule has 2 aliphatic heterocycles. The summed E-state index contributed by atoms with van der Waals surface area (Å²) in [5, 5.41) is 0. The lowest BCUT2D eigenvalue weighted by molar-refractivity contribution is -0.129. The van der Waals surface area contributed by atoms with Crippen LogP contribution in [0, 0.1) is 6.92 Å². The van der Waals surface area contributed by atoms with Gasteiger partial charge in [-0.15, -0.1) is 0 Å². The average Bonchev–Trinajstić information content (AvgIpc) is 3.30. The summed E-state index contributed by atoms with van der Waals surface area (Å²) in [7, 11) is 0. The molecule has 6 nitrogen and oxygen atoms in total. The normalized spacial score (nSPS) is 19.7. The van der Waals surface area contributed by atoms with Gasteiger partial charge in [-0.1, -0.05) is 23.8 Å². The van der Waals surface area contributed by atoms with E-state index in [-0.39, 0.29) is 29.0 Å². The Morgan fingerprint density at radius 2 is 2.00 bits per heavy atom. The van der Waals surface area contributed by atoms with Crippen molar-refractivity contribution in [2.75, 3.05) is 19.6 Å². The van der Waals surface area contributed by atoms with Crippen LogP contribution >= 0.6 is 0 Å². The van der Waals surface area contributed by atoms with E-state index in [0.717, 1.165) is 30.5 Å². The molecule has 0 saturated carbocycles. The van der Waals surface area contributed by atoms with Crippen LogP contribution in [0.1, 0.15) is 35.2 Å². The Morgan fingerprint density at radius 3 is 2.70 bits per heavy atom. The molecule has 2 saturated heterocycles. The maximum atomic E-state index is 12.8. The van der Waals surface area contributed by atoms with Crippen molar-refractivity contribution in [1.29, 1.82) is 0 Å². The minimum absolute atomic E-state index is 0.0783.